The third-order valence-corrected chi connectivity index (χ3v) is 27.0. The lowest BCUT2D eigenvalue weighted by Crippen LogP contribution is -2.36. The Kier molecular flexibility index (Phi) is 28.1. The highest BCUT2D eigenvalue weighted by atomic mass is 16.5. The second-order valence-corrected chi connectivity index (χ2v) is 36.2. The van der Waals surface area contributed by atoms with Gasteiger partial charge in [0, 0.05) is 54.1 Å². The zero-order valence-electron chi connectivity index (χ0n) is 79.9. The lowest BCUT2D eigenvalue weighted by molar-refractivity contribution is 0.122. The Labute approximate surface area is 814 Å². The van der Waals surface area contributed by atoms with Crippen LogP contribution >= 0.6 is 0 Å². The molecule has 0 atom stereocenters. The molecule has 2 N–H and O–H groups in total. The van der Waals surface area contributed by atoms with Crippen LogP contribution in [0.3, 0.4) is 0 Å². The molecule has 0 amide bonds. The van der Waals surface area contributed by atoms with E-state index in [1.165, 1.54) is 23.1 Å². The van der Waals surface area contributed by atoms with Gasteiger partial charge in [-0.1, -0.05) is 379 Å². The number of morpholine rings is 1. The van der Waals surface area contributed by atoms with Gasteiger partial charge in [0.1, 0.15) is 5.75 Å². The molecule has 2 heterocycles. The van der Waals surface area contributed by atoms with Crippen LogP contribution in [0.5, 0.6) is 5.75 Å². The quantitative estimate of drug-likeness (QED) is 0.0331. The maximum absolute atomic E-state index is 10.8. The minimum atomic E-state index is -0.0849. The van der Waals surface area contributed by atoms with E-state index in [0.717, 1.165) is 262 Å². The number of para-hydroxylation sites is 2. The monoisotopic (exact) mass is 1790 g/mol. The molecule has 0 saturated carbocycles. The van der Waals surface area contributed by atoms with E-state index < -0.39 is 0 Å². The molecule has 138 heavy (non-hydrogen) atoms. The molecular weight excluding hydrogens is 1680 g/mol. The van der Waals surface area contributed by atoms with E-state index in [4.69, 9.17) is 21.0 Å². The summed E-state index contributed by atoms with van der Waals surface area (Å²) in [5.74, 6) is 0.789. The van der Waals surface area contributed by atoms with E-state index in [-0.39, 0.29) is 6.61 Å². The fourth-order valence-corrected chi connectivity index (χ4v) is 19.6. The molecule has 1 saturated heterocycles. The third kappa shape index (κ3) is 20.3. The van der Waals surface area contributed by atoms with E-state index in [1.54, 1.807) is 7.11 Å². The summed E-state index contributed by atoms with van der Waals surface area (Å²) in [6, 6.07) is 148. The second kappa shape index (κ2) is 42.4. The highest BCUT2D eigenvalue weighted by molar-refractivity contribution is 6.19. The van der Waals surface area contributed by atoms with Crippen molar-refractivity contribution in [3.05, 3.63) is 468 Å². The minimum absolute atomic E-state index is 0.0849. The first-order chi connectivity index (χ1) is 67.8. The summed E-state index contributed by atoms with van der Waals surface area (Å²) in [4.78, 5) is 9.82. The molecule has 1 aliphatic rings. The normalized spacial score (nSPS) is 12.1. The molecule has 0 aliphatic carbocycles. The number of ether oxygens (including phenoxy) is 2. The molecule has 0 bridgehead atoms. The van der Waals surface area contributed by atoms with Crippen LogP contribution in [0.4, 0.5) is 22.7 Å². The Morgan fingerprint density at radius 2 is 0.913 bits per heavy atom. The van der Waals surface area contributed by atoms with Crippen molar-refractivity contribution in [2.45, 2.75) is 79.9 Å². The molecule has 1 radical (unpaired) electrons. The number of aryl methyl sites for hydroxylation is 3. The first-order valence-electron chi connectivity index (χ1n) is 48.5. The van der Waals surface area contributed by atoms with Crippen molar-refractivity contribution in [2.75, 3.05) is 55.6 Å². The van der Waals surface area contributed by atoms with Crippen LogP contribution in [-0.2, 0) is 24.3 Å². The number of aliphatic hydroxyl groups is 1. The summed E-state index contributed by atoms with van der Waals surface area (Å²) < 4.78 is 12.2. The lowest BCUT2D eigenvalue weighted by Gasteiger charge is -2.32. The SMILES string of the molecule is C=C(c1ccccc1)c1ccc(-c2c(-c3ccc(-c4cccc(CC)c4)cc3)c(C)c(-c3ccc(N(C)Cc4cccc(C)n4)cc3)c(-c3c(-c4ccc(/C=C/CCCCC)cc4)c(-c4ccc(-c5ccccc5OC)cc4)[c]c(-c4ccc(/C=C/c5ccc(C)cc5)cc4)c3-c3ccc(-c4cccc(CO)c4)cc3)c2-c2ccc(Nc3ccccc3)cc2-c2ccc(N3CCOCC3)cc2)cc1. The van der Waals surface area contributed by atoms with Gasteiger partial charge < -0.3 is 29.7 Å². The number of hydrogen-bond acceptors (Lipinski definition) is 7. The molecular formula is C131H115N4O3. The van der Waals surface area contributed by atoms with Gasteiger partial charge in [-0.3, -0.25) is 4.98 Å². The summed E-state index contributed by atoms with van der Waals surface area (Å²) in [7, 11) is 3.93. The number of methoxy groups -OCH3 is 1. The number of unbranched alkanes of at least 4 members (excludes halogenated alkanes) is 3. The van der Waals surface area contributed by atoms with Crippen molar-refractivity contribution in [3.8, 4) is 150 Å². The van der Waals surface area contributed by atoms with Crippen molar-refractivity contribution in [1.29, 1.82) is 0 Å². The summed E-state index contributed by atoms with van der Waals surface area (Å²) in [5.41, 5.74) is 43.1. The standard InChI is InChI=1S/C131H115N4O3/c1-9-11-12-13-16-27-94-47-51-108(52-48-94)126-122(105-61-59-102(60-62-105)118-37-21-22-38-123(118)137-8)86-121(104-49-45-96(46-50-104)44-43-95-41-39-89(3)40-42-95)127(109-67-57-101(58-68-109)112-33-25-29-97(84-112)88-136)131(126)130-125(107-71-74-116(75-72-107)134(7)87-115-36-23-26-90(4)132-115)92(6)124(106-65-55-100(56-66-106)111-32-24-28-93(10-2)83-111)128(110-63-53-99(54-64-110)91(5)98-30-17-14-18-31-98)129(130)119-78-73-114(133-113-34-19-15-20-35-113)85-120(119)103-69-76-117(77-70-103)135-79-81-138-82-80-135/h14-78,83-85,133,136H,5,9-13,79-82,87-88H2,1-4,6-8H3/b27-16+,44-43+. The average molecular weight is 1790 g/mol. The Hall–Kier alpha value is -15.8. The van der Waals surface area contributed by atoms with Crippen LogP contribution in [0.25, 0.3) is 168 Å². The van der Waals surface area contributed by atoms with Gasteiger partial charge in [0.2, 0.25) is 0 Å². The fourth-order valence-electron chi connectivity index (χ4n) is 19.6. The number of hydrogen-bond donors (Lipinski definition) is 2. The Morgan fingerprint density at radius 1 is 0.420 bits per heavy atom. The highest BCUT2D eigenvalue weighted by Crippen LogP contribution is 2.61. The predicted molar refractivity (Wildman–Crippen MR) is 584 cm³/mol. The molecule has 17 aromatic carbocycles. The number of nitrogens with zero attached hydrogens (tertiary/aromatic N) is 3. The molecule has 0 unspecified atom stereocenters. The van der Waals surface area contributed by atoms with Crippen molar-refractivity contribution >= 4 is 46.6 Å². The number of nitrogens with one attached hydrogen (secondary N) is 1. The van der Waals surface area contributed by atoms with Crippen LogP contribution in [0.15, 0.2) is 401 Å². The van der Waals surface area contributed by atoms with Crippen molar-refractivity contribution in [2.24, 2.45) is 0 Å². The first kappa shape index (κ1) is 91.4. The number of aliphatic hydroxyl groups excluding tert-OH is 1. The number of rotatable bonds is 31. The van der Waals surface area contributed by atoms with Crippen LogP contribution in [0, 0.1) is 26.8 Å². The molecule has 7 nitrogen and oxygen atoms in total. The van der Waals surface area contributed by atoms with Gasteiger partial charge in [0.05, 0.1) is 39.2 Å². The highest BCUT2D eigenvalue weighted by Gasteiger charge is 2.35. The zero-order valence-corrected chi connectivity index (χ0v) is 79.9. The summed E-state index contributed by atoms with van der Waals surface area (Å²) in [5, 5.41) is 14.8. The molecule has 1 fully saturated rings. The summed E-state index contributed by atoms with van der Waals surface area (Å²) >= 11 is 0. The first-order valence-corrected chi connectivity index (χ1v) is 48.5. The molecule has 1 aromatic heterocycles. The van der Waals surface area contributed by atoms with Gasteiger partial charge in [-0.05, 0) is 308 Å². The number of allylic oxidation sites excluding steroid dienone is 1. The Balaban J connectivity index is 1.03. The van der Waals surface area contributed by atoms with Gasteiger partial charge in [0.15, 0.2) is 0 Å². The molecule has 18 aromatic rings. The van der Waals surface area contributed by atoms with Gasteiger partial charge in [0.25, 0.3) is 0 Å². The smallest absolute Gasteiger partial charge is 0.126 e. The number of pyridine rings is 1. The topological polar surface area (TPSA) is 70.1 Å². The average Bonchev–Trinajstić information content (AvgIpc) is 0.698. The maximum Gasteiger partial charge on any atom is 0.126 e. The Morgan fingerprint density at radius 3 is 1.53 bits per heavy atom. The molecule has 1 aliphatic heterocycles. The molecule has 677 valence electrons. The van der Waals surface area contributed by atoms with E-state index in [9.17, 15) is 5.11 Å². The fraction of sp³-hybridized carbons (Fsp3) is 0.137. The van der Waals surface area contributed by atoms with Gasteiger partial charge >= 0.3 is 0 Å². The van der Waals surface area contributed by atoms with Crippen LogP contribution in [0.2, 0.25) is 0 Å². The lowest BCUT2D eigenvalue weighted by atomic mass is 9.70. The van der Waals surface area contributed by atoms with E-state index in [1.807, 2.05) is 24.3 Å². The molecule has 7 heteroatoms. The predicted octanol–water partition coefficient (Wildman–Crippen LogP) is 33.6. The number of aromatic nitrogens is 1. The van der Waals surface area contributed by atoms with Crippen LogP contribution < -0.4 is 19.9 Å². The van der Waals surface area contributed by atoms with E-state index in [2.05, 4.69) is 451 Å². The van der Waals surface area contributed by atoms with E-state index in [0.29, 0.717) is 19.8 Å². The third-order valence-electron chi connectivity index (χ3n) is 27.0. The summed E-state index contributed by atoms with van der Waals surface area (Å²) in [6.07, 6.45) is 14.4. The number of benzene rings is 17. The largest absolute Gasteiger partial charge is 0.496 e. The summed E-state index contributed by atoms with van der Waals surface area (Å²) in [6.45, 7) is 19.4. The minimum Gasteiger partial charge on any atom is -0.496 e. The van der Waals surface area contributed by atoms with Gasteiger partial charge in [-0.25, -0.2) is 0 Å². The maximum atomic E-state index is 10.8. The van der Waals surface area contributed by atoms with Crippen molar-refractivity contribution < 1.29 is 14.6 Å². The Bertz CT molecular complexity index is 7380. The van der Waals surface area contributed by atoms with Crippen molar-refractivity contribution in [1.82, 2.24) is 4.98 Å². The van der Waals surface area contributed by atoms with Gasteiger partial charge in [-0.15, -0.1) is 0 Å². The van der Waals surface area contributed by atoms with Crippen molar-refractivity contribution in [3.63, 3.8) is 0 Å². The molecule has 19 rings (SSSR count). The number of anilines is 4. The second-order valence-electron chi connectivity index (χ2n) is 36.2. The van der Waals surface area contributed by atoms with Crippen LogP contribution in [0.1, 0.15) is 101 Å². The molecule has 0 spiro atoms. The zero-order chi connectivity index (χ0) is 94.4. The van der Waals surface area contributed by atoms with E-state index >= 15 is 0 Å². The van der Waals surface area contributed by atoms with Gasteiger partial charge in [-0.2, -0.15) is 0 Å². The van der Waals surface area contributed by atoms with Crippen LogP contribution in [-0.4, -0.2) is 50.6 Å².